The summed E-state index contributed by atoms with van der Waals surface area (Å²) in [7, 11) is 0. The van der Waals surface area contributed by atoms with E-state index in [0.717, 1.165) is 28.0 Å². The van der Waals surface area contributed by atoms with Gasteiger partial charge in [-0.25, -0.2) is 0 Å². The number of rotatable bonds is 4. The van der Waals surface area contributed by atoms with Gasteiger partial charge in [0.05, 0.1) is 11.4 Å². The van der Waals surface area contributed by atoms with E-state index in [1.807, 2.05) is 58.0 Å². The maximum atomic E-state index is 12.1. The monoisotopic (exact) mass is 298 g/mol. The first-order valence-corrected chi connectivity index (χ1v) is 7.24. The number of ether oxygens (including phenoxy) is 1. The number of nitrogens with one attached hydrogen (secondary N) is 1. The normalized spacial score (nSPS) is 10.4. The molecule has 2 rings (SSSR count). The van der Waals surface area contributed by atoms with Gasteiger partial charge in [0.2, 0.25) is 0 Å². The quantitative estimate of drug-likeness (QED) is 0.849. The average Bonchev–Trinajstić information content (AvgIpc) is 2.42. The third-order valence-electron chi connectivity index (χ3n) is 3.53. The van der Waals surface area contributed by atoms with Crippen LogP contribution in [0.25, 0.3) is 0 Å². The number of anilines is 2. The van der Waals surface area contributed by atoms with Crippen LogP contribution in [0.15, 0.2) is 30.3 Å². The standard InChI is InChI=1S/C18H22N2O2/c1-11-8-14(4)17(15(19)9-11)20-16(21)10-22-18-12(2)6-5-7-13(18)3/h5-9H,10,19H2,1-4H3,(H,20,21). The highest BCUT2D eigenvalue weighted by Crippen LogP contribution is 2.25. The molecule has 0 fully saturated rings. The van der Waals surface area contributed by atoms with Crippen LogP contribution in [0, 0.1) is 27.7 Å². The van der Waals surface area contributed by atoms with Crippen LogP contribution >= 0.6 is 0 Å². The molecule has 0 aliphatic carbocycles. The number of carbonyl (C=O) groups is 1. The molecule has 0 spiro atoms. The molecule has 22 heavy (non-hydrogen) atoms. The summed E-state index contributed by atoms with van der Waals surface area (Å²) >= 11 is 0. The van der Waals surface area contributed by atoms with E-state index < -0.39 is 0 Å². The summed E-state index contributed by atoms with van der Waals surface area (Å²) in [5, 5.41) is 2.83. The van der Waals surface area contributed by atoms with Crippen LogP contribution in [0.2, 0.25) is 0 Å². The van der Waals surface area contributed by atoms with E-state index in [0.29, 0.717) is 11.4 Å². The zero-order valence-corrected chi connectivity index (χ0v) is 13.5. The van der Waals surface area contributed by atoms with E-state index in [9.17, 15) is 4.79 Å². The second kappa shape index (κ2) is 6.52. The highest BCUT2D eigenvalue weighted by molar-refractivity contribution is 5.96. The third kappa shape index (κ3) is 3.58. The summed E-state index contributed by atoms with van der Waals surface area (Å²) in [5.74, 6) is 0.535. The predicted octanol–water partition coefficient (Wildman–Crippen LogP) is 3.52. The van der Waals surface area contributed by atoms with Crippen LogP contribution in [-0.2, 0) is 4.79 Å². The molecule has 0 saturated heterocycles. The van der Waals surface area contributed by atoms with Crippen molar-refractivity contribution in [2.45, 2.75) is 27.7 Å². The number of nitrogens with two attached hydrogens (primary N) is 1. The molecule has 3 N–H and O–H groups in total. The SMILES string of the molecule is Cc1cc(C)c(NC(=O)COc2c(C)cccc2C)c(N)c1. The number of benzene rings is 2. The van der Waals surface area contributed by atoms with Gasteiger partial charge in [-0.2, -0.15) is 0 Å². The second-order valence-electron chi connectivity index (χ2n) is 5.60. The summed E-state index contributed by atoms with van der Waals surface area (Å²) in [6, 6.07) is 9.71. The van der Waals surface area contributed by atoms with Crippen LogP contribution < -0.4 is 15.8 Å². The van der Waals surface area contributed by atoms with E-state index in [1.54, 1.807) is 0 Å². The van der Waals surface area contributed by atoms with Gasteiger partial charge in [-0.1, -0.05) is 24.3 Å². The third-order valence-corrected chi connectivity index (χ3v) is 3.53. The highest BCUT2D eigenvalue weighted by Gasteiger charge is 2.11. The van der Waals surface area contributed by atoms with E-state index in [-0.39, 0.29) is 12.5 Å². The Morgan fingerprint density at radius 1 is 1.09 bits per heavy atom. The number of para-hydroxylation sites is 1. The fourth-order valence-corrected chi connectivity index (χ4v) is 2.51. The highest BCUT2D eigenvalue weighted by atomic mass is 16.5. The fraction of sp³-hybridized carbons (Fsp3) is 0.278. The van der Waals surface area contributed by atoms with Gasteiger partial charge in [-0.3, -0.25) is 4.79 Å². The summed E-state index contributed by atoms with van der Waals surface area (Å²) in [6.07, 6.45) is 0. The molecule has 116 valence electrons. The van der Waals surface area contributed by atoms with Gasteiger partial charge in [-0.05, 0) is 56.0 Å². The average molecular weight is 298 g/mol. The van der Waals surface area contributed by atoms with Gasteiger partial charge in [0, 0.05) is 0 Å². The molecule has 4 heteroatoms. The van der Waals surface area contributed by atoms with Gasteiger partial charge >= 0.3 is 0 Å². The summed E-state index contributed by atoms with van der Waals surface area (Å²) in [4.78, 5) is 12.1. The maximum Gasteiger partial charge on any atom is 0.262 e. The smallest absolute Gasteiger partial charge is 0.262 e. The molecule has 0 heterocycles. The Balaban J connectivity index is 2.05. The van der Waals surface area contributed by atoms with Crippen LogP contribution in [0.3, 0.4) is 0 Å². The molecule has 0 radical (unpaired) electrons. The van der Waals surface area contributed by atoms with Crippen molar-refractivity contribution in [3.8, 4) is 5.75 Å². The molecule has 1 amide bonds. The van der Waals surface area contributed by atoms with Crippen molar-refractivity contribution in [1.29, 1.82) is 0 Å². The van der Waals surface area contributed by atoms with Crippen molar-refractivity contribution >= 4 is 17.3 Å². The fourth-order valence-electron chi connectivity index (χ4n) is 2.51. The molecule has 0 unspecified atom stereocenters. The molecule has 0 aromatic heterocycles. The molecule has 4 nitrogen and oxygen atoms in total. The Morgan fingerprint density at radius 3 is 2.32 bits per heavy atom. The van der Waals surface area contributed by atoms with E-state index in [2.05, 4.69) is 5.32 Å². The molecule has 0 atom stereocenters. The lowest BCUT2D eigenvalue weighted by Crippen LogP contribution is -2.22. The first-order chi connectivity index (χ1) is 10.4. The lowest BCUT2D eigenvalue weighted by Gasteiger charge is -2.14. The van der Waals surface area contributed by atoms with Crippen LogP contribution in [0.1, 0.15) is 22.3 Å². The van der Waals surface area contributed by atoms with Crippen LogP contribution in [0.4, 0.5) is 11.4 Å². The summed E-state index contributed by atoms with van der Waals surface area (Å²) in [6.45, 7) is 7.77. The number of aryl methyl sites for hydroxylation is 4. The van der Waals surface area contributed by atoms with Crippen molar-refractivity contribution in [3.05, 3.63) is 52.6 Å². The van der Waals surface area contributed by atoms with Gasteiger partial charge in [-0.15, -0.1) is 0 Å². The lowest BCUT2D eigenvalue weighted by atomic mass is 10.1. The Bertz CT molecular complexity index is 665. The Labute approximate surface area is 131 Å². The number of hydrogen-bond donors (Lipinski definition) is 2. The number of carbonyl (C=O) groups excluding carboxylic acids is 1. The second-order valence-corrected chi connectivity index (χ2v) is 5.60. The van der Waals surface area contributed by atoms with E-state index in [4.69, 9.17) is 10.5 Å². The Kier molecular flexibility index (Phi) is 4.71. The van der Waals surface area contributed by atoms with Gasteiger partial charge in [0.15, 0.2) is 6.61 Å². The zero-order chi connectivity index (χ0) is 16.3. The van der Waals surface area contributed by atoms with Crippen molar-refractivity contribution in [3.63, 3.8) is 0 Å². The van der Waals surface area contributed by atoms with E-state index in [1.165, 1.54) is 0 Å². The first-order valence-electron chi connectivity index (χ1n) is 7.24. The van der Waals surface area contributed by atoms with Crippen LogP contribution in [0.5, 0.6) is 5.75 Å². The zero-order valence-electron chi connectivity index (χ0n) is 13.5. The van der Waals surface area contributed by atoms with Gasteiger partial charge in [0.25, 0.3) is 5.91 Å². The maximum absolute atomic E-state index is 12.1. The van der Waals surface area contributed by atoms with Crippen molar-refractivity contribution in [1.82, 2.24) is 0 Å². The predicted molar refractivity (Wildman–Crippen MR) is 90.4 cm³/mol. The molecule has 0 aliphatic heterocycles. The Morgan fingerprint density at radius 2 is 1.73 bits per heavy atom. The summed E-state index contributed by atoms with van der Waals surface area (Å²) in [5.41, 5.74) is 11.2. The number of nitrogen functional groups attached to an aromatic ring is 1. The molecule has 2 aromatic rings. The van der Waals surface area contributed by atoms with Crippen molar-refractivity contribution < 1.29 is 9.53 Å². The Hall–Kier alpha value is -2.49. The molecule has 2 aromatic carbocycles. The minimum Gasteiger partial charge on any atom is -0.483 e. The molecule has 0 bridgehead atoms. The van der Waals surface area contributed by atoms with Crippen molar-refractivity contribution in [2.75, 3.05) is 17.7 Å². The van der Waals surface area contributed by atoms with Crippen LogP contribution in [-0.4, -0.2) is 12.5 Å². The van der Waals surface area contributed by atoms with Gasteiger partial charge < -0.3 is 15.8 Å². The first kappa shape index (κ1) is 15.9. The summed E-state index contributed by atoms with van der Waals surface area (Å²) < 4.78 is 5.65. The largest absolute Gasteiger partial charge is 0.483 e. The van der Waals surface area contributed by atoms with Crippen molar-refractivity contribution in [2.24, 2.45) is 0 Å². The minimum absolute atomic E-state index is 0.0432. The topological polar surface area (TPSA) is 64.3 Å². The molecular formula is C18H22N2O2. The molecule has 0 aliphatic rings. The number of hydrogen-bond acceptors (Lipinski definition) is 3. The van der Waals surface area contributed by atoms with Gasteiger partial charge in [0.1, 0.15) is 5.75 Å². The minimum atomic E-state index is -0.221. The number of amides is 1. The molecular weight excluding hydrogens is 276 g/mol. The molecule has 0 saturated carbocycles. The lowest BCUT2D eigenvalue weighted by molar-refractivity contribution is -0.118. The van der Waals surface area contributed by atoms with E-state index >= 15 is 0 Å².